The van der Waals surface area contributed by atoms with Gasteiger partial charge in [0.1, 0.15) is 5.75 Å². The number of aliphatic hydroxyl groups is 1. The van der Waals surface area contributed by atoms with Crippen molar-refractivity contribution in [2.75, 3.05) is 20.5 Å². The van der Waals surface area contributed by atoms with Crippen molar-refractivity contribution >= 4 is 0 Å². The van der Waals surface area contributed by atoms with Crippen molar-refractivity contribution in [2.24, 2.45) is 0 Å². The van der Waals surface area contributed by atoms with Crippen molar-refractivity contribution in [1.82, 2.24) is 4.90 Å². The number of phenols is 1. The summed E-state index contributed by atoms with van der Waals surface area (Å²) >= 11 is 0. The molecule has 1 aromatic rings. The Kier molecular flexibility index (Phi) is 1.12. The number of benzene rings is 1. The van der Waals surface area contributed by atoms with Gasteiger partial charge in [0, 0.05) is 33.0 Å². The Labute approximate surface area is 142 Å². The minimum Gasteiger partial charge on any atom is -0.508 e. The molecular formula is C16H25NO2. The first-order valence-corrected chi connectivity index (χ1v) is 5.21. The molecule has 0 heterocycles. The molecule has 1 fully saturated rings. The van der Waals surface area contributed by atoms with E-state index >= 15 is 0 Å². The maximum absolute atomic E-state index is 11.9. The fraction of sp³-hybridized carbons (Fsp3) is 0.625. The highest BCUT2D eigenvalue weighted by Gasteiger charge is 2.38. The minimum absolute atomic E-state index is 0.165. The Bertz CT molecular complexity index is 1070. The highest BCUT2D eigenvalue weighted by Crippen LogP contribution is 2.40. The van der Waals surface area contributed by atoms with Gasteiger partial charge < -0.3 is 15.1 Å². The van der Waals surface area contributed by atoms with Crippen LogP contribution in [0.25, 0.3) is 0 Å². The van der Waals surface area contributed by atoms with Gasteiger partial charge in [-0.05, 0) is 44.4 Å². The Balaban J connectivity index is 3.32. The second-order valence-electron chi connectivity index (χ2n) is 3.77. The summed E-state index contributed by atoms with van der Waals surface area (Å²) < 4.78 is 154. The molecule has 1 atom stereocenters. The Hall–Kier alpha value is -1.06. The lowest BCUT2D eigenvalue weighted by molar-refractivity contribution is -0.0277. The SMILES string of the molecule is [2H]c1c([2H])c(C(C([2H])([2H])N(C)C([2H])([2H])[2H])C2(O)C([2H])([2H])C([2H])([2H])C([2H])([2H])C([2H])([2H])C2([2H])[2H])c([2H])c([2H])c1O. The number of phenolic OH excluding ortho intramolecular Hbond substituents is 1. The molecule has 1 aliphatic rings. The van der Waals surface area contributed by atoms with Gasteiger partial charge in [0.15, 0.2) is 0 Å². The van der Waals surface area contributed by atoms with Gasteiger partial charge in [-0.1, -0.05) is 31.2 Å². The summed E-state index contributed by atoms with van der Waals surface area (Å²) in [5.41, 5.74) is -5.88. The topological polar surface area (TPSA) is 43.7 Å². The van der Waals surface area contributed by atoms with Crippen molar-refractivity contribution in [2.45, 2.75) is 43.4 Å². The van der Waals surface area contributed by atoms with E-state index in [1.165, 1.54) is 0 Å². The molecular weight excluding hydrogens is 238 g/mol. The van der Waals surface area contributed by atoms with Gasteiger partial charge in [0.2, 0.25) is 0 Å². The molecule has 1 unspecified atom stereocenters. The monoisotopic (exact) mass is 282 g/mol. The second-order valence-corrected chi connectivity index (χ2v) is 3.77. The molecule has 19 heavy (non-hydrogen) atoms. The quantitative estimate of drug-likeness (QED) is 0.892. The lowest BCUT2D eigenvalue weighted by Crippen LogP contribution is -2.42. The summed E-state index contributed by atoms with van der Waals surface area (Å²) in [6.07, 6.45) is -21.1. The van der Waals surface area contributed by atoms with E-state index in [4.69, 9.17) is 26.0 Å². The molecule has 106 valence electrons. The van der Waals surface area contributed by atoms with Crippen LogP contribution < -0.4 is 0 Å². The predicted molar refractivity (Wildman–Crippen MR) is 77.4 cm³/mol. The Morgan fingerprint density at radius 2 is 2.05 bits per heavy atom. The van der Waals surface area contributed by atoms with Gasteiger partial charge in [-0.25, -0.2) is 0 Å². The first kappa shape index (κ1) is 3.58. The molecule has 0 saturated heterocycles. The Morgan fingerprint density at radius 3 is 2.63 bits per heavy atom. The molecule has 1 aromatic carbocycles. The second kappa shape index (κ2) is 5.93. The number of likely N-dealkylation sites (N-methyl/N-ethyl adjacent to an activating group) is 1. The zero-order valence-electron chi connectivity index (χ0n) is 28.9. The molecule has 2 rings (SSSR count). The molecule has 3 nitrogen and oxygen atoms in total. The van der Waals surface area contributed by atoms with Crippen LogP contribution in [0.15, 0.2) is 24.2 Å². The van der Waals surface area contributed by atoms with Crippen LogP contribution in [0.3, 0.4) is 0 Å². The van der Waals surface area contributed by atoms with Crippen LogP contribution in [-0.2, 0) is 0 Å². The van der Waals surface area contributed by atoms with E-state index in [-0.39, 0.29) is 4.90 Å². The highest BCUT2D eigenvalue weighted by atomic mass is 16.3. The van der Waals surface area contributed by atoms with Crippen molar-refractivity contribution < 1.29 is 36.3 Å². The van der Waals surface area contributed by atoms with Crippen molar-refractivity contribution in [3.8, 4) is 5.75 Å². The summed E-state index contributed by atoms with van der Waals surface area (Å²) in [7, 11) is 0.552. The van der Waals surface area contributed by atoms with Crippen LogP contribution >= 0.6 is 0 Å². The third kappa shape index (κ3) is 3.48. The molecule has 1 aliphatic carbocycles. The number of nitrogens with zero attached hydrogens (tertiary/aromatic N) is 1. The normalized spacial score (nSPS) is 49.7. The lowest BCUT2D eigenvalue weighted by Gasteiger charge is -2.40. The number of hydrogen-bond donors (Lipinski definition) is 2. The van der Waals surface area contributed by atoms with Gasteiger partial charge in [-0.2, -0.15) is 0 Å². The highest BCUT2D eigenvalue weighted by molar-refractivity contribution is 5.30. The molecule has 2 N–H and O–H groups in total. The number of aromatic hydroxyl groups is 1. The van der Waals surface area contributed by atoms with E-state index in [0.717, 1.165) is 0 Å². The summed E-state index contributed by atoms with van der Waals surface area (Å²) in [6, 6.07) is -5.38. The van der Waals surface area contributed by atoms with Crippen LogP contribution in [-0.4, -0.2) is 41.2 Å². The maximum atomic E-state index is 11.9. The summed E-state index contributed by atoms with van der Waals surface area (Å²) in [5, 5.41) is 21.8. The summed E-state index contributed by atoms with van der Waals surface area (Å²) in [6.45, 7) is -7.30. The standard InChI is InChI=1S/C16H25NO2/c1-17(2)12-15(13-6-8-14(18)9-7-13)16(19)10-4-3-5-11-16/h6-9,15,18-19H,3-5,10-12H2,1-2H3/i1D3,3D2,4D2,5D2,6D,7D,8D,9D,10D2,11D2,12D2. The third-order valence-electron chi connectivity index (χ3n) is 2.29. The van der Waals surface area contributed by atoms with Crippen molar-refractivity contribution in [3.05, 3.63) is 29.7 Å². The fourth-order valence-corrected chi connectivity index (χ4v) is 1.48. The number of rotatable bonds is 4. The van der Waals surface area contributed by atoms with Crippen LogP contribution in [0.4, 0.5) is 0 Å². The van der Waals surface area contributed by atoms with Gasteiger partial charge in [0.25, 0.3) is 0 Å². The fourth-order valence-electron chi connectivity index (χ4n) is 1.48. The molecule has 0 aliphatic heterocycles. The van der Waals surface area contributed by atoms with E-state index in [0.29, 0.717) is 7.05 Å². The number of hydrogen-bond acceptors (Lipinski definition) is 3. The van der Waals surface area contributed by atoms with E-state index in [2.05, 4.69) is 0 Å². The molecule has 3 heteroatoms. The zero-order chi connectivity index (χ0) is 30.6. The molecule has 0 radical (unpaired) electrons. The van der Waals surface area contributed by atoms with E-state index < -0.39 is 92.3 Å². The summed E-state index contributed by atoms with van der Waals surface area (Å²) in [5.74, 6) is -4.57. The molecule has 0 spiro atoms. The van der Waals surface area contributed by atoms with Gasteiger partial charge in [0.05, 0.1) is 11.1 Å². The van der Waals surface area contributed by atoms with Crippen LogP contribution in [0.5, 0.6) is 5.75 Å². The van der Waals surface area contributed by atoms with E-state index in [1.54, 1.807) is 0 Å². The maximum Gasteiger partial charge on any atom is 0.115 e. The first-order valence-electron chi connectivity index (χ1n) is 14.7. The minimum atomic E-state index is -4.47. The molecule has 0 aromatic heterocycles. The third-order valence-corrected chi connectivity index (χ3v) is 2.29. The van der Waals surface area contributed by atoms with Crippen LogP contribution in [0.2, 0.25) is 0 Å². The van der Waals surface area contributed by atoms with Crippen molar-refractivity contribution in [3.63, 3.8) is 0 Å². The largest absolute Gasteiger partial charge is 0.508 e. The summed E-state index contributed by atoms with van der Waals surface area (Å²) in [4.78, 5) is -0.165. The van der Waals surface area contributed by atoms with Gasteiger partial charge >= 0.3 is 0 Å². The van der Waals surface area contributed by atoms with Gasteiger partial charge in [-0.3, -0.25) is 0 Å². The molecule has 1 saturated carbocycles. The van der Waals surface area contributed by atoms with Crippen LogP contribution in [0, 0.1) is 0 Å². The zero-order valence-corrected chi connectivity index (χ0v) is 9.92. The van der Waals surface area contributed by atoms with Crippen LogP contribution in [0.1, 0.15) is 69.4 Å². The Morgan fingerprint density at radius 1 is 1.42 bits per heavy atom. The molecule has 0 amide bonds. The smallest absolute Gasteiger partial charge is 0.115 e. The van der Waals surface area contributed by atoms with Gasteiger partial charge in [-0.15, -0.1) is 0 Å². The molecule has 0 bridgehead atoms. The first-order chi connectivity index (χ1) is 16.5. The van der Waals surface area contributed by atoms with E-state index in [1.807, 2.05) is 0 Å². The average Bonchev–Trinajstić information content (AvgIpc) is 2.75. The van der Waals surface area contributed by atoms with Crippen molar-refractivity contribution in [1.29, 1.82) is 0 Å². The van der Waals surface area contributed by atoms with E-state index in [9.17, 15) is 10.2 Å². The lowest BCUT2D eigenvalue weighted by atomic mass is 9.72. The predicted octanol–water partition coefficient (Wildman–Crippen LogP) is 2.73. The average molecular weight is 282 g/mol.